The van der Waals surface area contributed by atoms with Gasteiger partial charge in [-0.2, -0.15) is 0 Å². The van der Waals surface area contributed by atoms with Crippen molar-refractivity contribution in [3.63, 3.8) is 0 Å². The molecule has 2 aromatic carbocycles. The van der Waals surface area contributed by atoms with Crippen LogP contribution < -0.4 is 0 Å². The Morgan fingerprint density at radius 2 is 1.37 bits per heavy atom. The van der Waals surface area contributed by atoms with E-state index in [1.807, 2.05) is 0 Å². The summed E-state index contributed by atoms with van der Waals surface area (Å²) in [6, 6.07) is 8.63. The molecule has 100 valence electrons. The molecule has 2 aromatic rings. The summed E-state index contributed by atoms with van der Waals surface area (Å²) in [5.41, 5.74) is 1.47. The van der Waals surface area contributed by atoms with Gasteiger partial charge in [-0.1, -0.05) is 12.1 Å². The molecule has 4 nitrogen and oxygen atoms in total. The van der Waals surface area contributed by atoms with Gasteiger partial charge in [-0.15, -0.1) is 0 Å². The molecule has 0 saturated heterocycles. The molecule has 0 aliphatic carbocycles. The molecular weight excluding hydrogens is 264 g/mol. The molecule has 2 rings (SSSR count). The molecule has 0 aliphatic rings. The van der Waals surface area contributed by atoms with Crippen molar-refractivity contribution < 1.29 is 18.6 Å². The van der Waals surface area contributed by atoms with Gasteiger partial charge in [-0.3, -0.25) is 0 Å². The third-order valence-electron chi connectivity index (χ3n) is 2.81. The van der Waals surface area contributed by atoms with Gasteiger partial charge in [0.25, 0.3) is 0 Å². The number of aromatic hydroxyl groups is 2. The van der Waals surface area contributed by atoms with Crippen LogP contribution in [0.2, 0.25) is 0 Å². The monoisotopic (exact) mass is 278 g/mol. The van der Waals surface area contributed by atoms with Crippen LogP contribution in [0.1, 0.15) is 11.1 Å². The lowest BCUT2D eigenvalue weighted by Crippen LogP contribution is -2.03. The highest BCUT2D eigenvalue weighted by Gasteiger charge is 2.24. The molecule has 0 aromatic heterocycles. The van der Waals surface area contributed by atoms with E-state index in [2.05, 4.69) is 0 Å². The van der Waals surface area contributed by atoms with Crippen molar-refractivity contribution >= 4 is 9.84 Å². The van der Waals surface area contributed by atoms with Gasteiger partial charge in [-0.25, -0.2) is 8.42 Å². The first-order valence-corrected chi connectivity index (χ1v) is 7.15. The van der Waals surface area contributed by atoms with Crippen LogP contribution in [-0.4, -0.2) is 18.6 Å². The highest BCUT2D eigenvalue weighted by molar-refractivity contribution is 7.91. The van der Waals surface area contributed by atoms with E-state index in [0.29, 0.717) is 5.56 Å². The third kappa shape index (κ3) is 2.42. The van der Waals surface area contributed by atoms with Gasteiger partial charge in [0.15, 0.2) is 0 Å². The molecule has 0 saturated carbocycles. The molecule has 0 spiro atoms. The van der Waals surface area contributed by atoms with E-state index in [-0.39, 0.29) is 21.3 Å². The predicted molar refractivity (Wildman–Crippen MR) is 71.1 cm³/mol. The van der Waals surface area contributed by atoms with E-state index < -0.39 is 9.84 Å². The number of hydrogen-bond donors (Lipinski definition) is 2. The van der Waals surface area contributed by atoms with Crippen molar-refractivity contribution in [2.75, 3.05) is 0 Å². The fourth-order valence-electron chi connectivity index (χ4n) is 1.81. The molecular formula is C14H14O4S. The van der Waals surface area contributed by atoms with Gasteiger partial charge in [0.1, 0.15) is 21.3 Å². The second-order valence-electron chi connectivity index (χ2n) is 4.45. The van der Waals surface area contributed by atoms with Crippen molar-refractivity contribution in [2.45, 2.75) is 23.6 Å². The minimum absolute atomic E-state index is 0.202. The summed E-state index contributed by atoms with van der Waals surface area (Å²) >= 11 is 0. The number of phenolic OH excluding ortho intramolecular Hbond substituents is 2. The maximum absolute atomic E-state index is 12.4. The molecule has 0 bridgehead atoms. The first-order chi connectivity index (χ1) is 8.82. The Hall–Kier alpha value is -2.01. The number of sulfone groups is 1. The summed E-state index contributed by atoms with van der Waals surface area (Å²) < 4.78 is 24.8. The van der Waals surface area contributed by atoms with Crippen LogP contribution in [0.4, 0.5) is 0 Å². The fraction of sp³-hybridized carbons (Fsp3) is 0.143. The summed E-state index contributed by atoms with van der Waals surface area (Å²) in [4.78, 5) is -0.411. The first kappa shape index (κ1) is 13.4. The van der Waals surface area contributed by atoms with Crippen LogP contribution in [0.3, 0.4) is 0 Å². The molecule has 0 atom stereocenters. The van der Waals surface area contributed by atoms with Crippen molar-refractivity contribution in [3.05, 3.63) is 47.5 Å². The van der Waals surface area contributed by atoms with E-state index >= 15 is 0 Å². The van der Waals surface area contributed by atoms with Gasteiger partial charge >= 0.3 is 0 Å². The molecule has 2 N–H and O–H groups in total. The lowest BCUT2D eigenvalue weighted by molar-refractivity contribution is 0.452. The zero-order valence-electron chi connectivity index (χ0n) is 10.6. The summed E-state index contributed by atoms with van der Waals surface area (Å²) in [7, 11) is -3.94. The van der Waals surface area contributed by atoms with E-state index in [1.54, 1.807) is 26.0 Å². The van der Waals surface area contributed by atoms with Crippen molar-refractivity contribution in [2.24, 2.45) is 0 Å². The van der Waals surface area contributed by atoms with E-state index in [1.165, 1.54) is 24.3 Å². The maximum atomic E-state index is 12.4. The third-order valence-corrected chi connectivity index (χ3v) is 4.64. The number of phenols is 2. The van der Waals surface area contributed by atoms with Crippen LogP contribution in [0.15, 0.2) is 46.2 Å². The minimum Gasteiger partial charge on any atom is -0.507 e. The topological polar surface area (TPSA) is 74.6 Å². The average Bonchev–Trinajstić information content (AvgIpc) is 2.31. The molecule has 0 aliphatic heterocycles. The van der Waals surface area contributed by atoms with Crippen LogP contribution in [-0.2, 0) is 9.84 Å². The Morgan fingerprint density at radius 1 is 0.789 bits per heavy atom. The van der Waals surface area contributed by atoms with Crippen LogP contribution in [0.5, 0.6) is 11.5 Å². The van der Waals surface area contributed by atoms with Gasteiger partial charge < -0.3 is 10.2 Å². The van der Waals surface area contributed by atoms with Crippen LogP contribution in [0.25, 0.3) is 0 Å². The molecule has 0 fully saturated rings. The zero-order valence-corrected chi connectivity index (χ0v) is 11.4. The highest BCUT2D eigenvalue weighted by Crippen LogP contribution is 2.34. The molecule has 0 unspecified atom stereocenters. The second kappa shape index (κ2) is 4.59. The van der Waals surface area contributed by atoms with Crippen LogP contribution >= 0.6 is 0 Å². The summed E-state index contributed by atoms with van der Waals surface area (Å²) in [5, 5.41) is 19.5. The second-order valence-corrected chi connectivity index (χ2v) is 6.33. The largest absolute Gasteiger partial charge is 0.507 e. The molecule has 0 radical (unpaired) electrons. The Labute approximate surface area is 111 Å². The number of aryl methyl sites for hydroxylation is 2. The van der Waals surface area contributed by atoms with Crippen molar-refractivity contribution in [1.29, 1.82) is 0 Å². The van der Waals surface area contributed by atoms with E-state index in [0.717, 1.165) is 5.56 Å². The van der Waals surface area contributed by atoms with Crippen molar-refractivity contribution in [3.8, 4) is 11.5 Å². The number of rotatable bonds is 2. The van der Waals surface area contributed by atoms with E-state index in [4.69, 9.17) is 0 Å². The highest BCUT2D eigenvalue weighted by atomic mass is 32.2. The summed E-state index contributed by atoms with van der Waals surface area (Å²) in [5.74, 6) is -0.647. The average molecular weight is 278 g/mol. The predicted octanol–water partition coefficient (Wildman–Crippen LogP) is 2.55. The number of hydrogen-bond acceptors (Lipinski definition) is 4. The van der Waals surface area contributed by atoms with E-state index in [9.17, 15) is 18.6 Å². The van der Waals surface area contributed by atoms with Gasteiger partial charge in [0.05, 0.1) is 0 Å². The Bertz CT molecular complexity index is 733. The lowest BCUT2D eigenvalue weighted by atomic mass is 10.2. The number of benzene rings is 2. The van der Waals surface area contributed by atoms with Gasteiger partial charge in [-0.05, 0) is 49.2 Å². The Balaban J connectivity index is 2.69. The summed E-state index contributed by atoms with van der Waals surface area (Å²) in [6.07, 6.45) is 0. The lowest BCUT2D eigenvalue weighted by Gasteiger charge is -2.09. The normalized spacial score (nSPS) is 11.5. The Kier molecular flexibility index (Phi) is 3.24. The Morgan fingerprint density at radius 3 is 2.00 bits per heavy atom. The summed E-state index contributed by atoms with van der Waals surface area (Å²) in [6.45, 7) is 3.48. The fourth-order valence-corrected chi connectivity index (χ4v) is 3.31. The first-order valence-electron chi connectivity index (χ1n) is 5.66. The maximum Gasteiger partial charge on any atom is 0.213 e. The van der Waals surface area contributed by atoms with Crippen LogP contribution in [0, 0.1) is 13.8 Å². The smallest absolute Gasteiger partial charge is 0.213 e. The van der Waals surface area contributed by atoms with Crippen molar-refractivity contribution in [1.82, 2.24) is 0 Å². The minimum atomic E-state index is -3.94. The molecule has 0 heterocycles. The molecule has 19 heavy (non-hydrogen) atoms. The molecule has 0 amide bonds. The standard InChI is InChI=1S/C14H14O4S/c1-9-4-6-13(12(16)7-9)19(17,18)14-8-10(2)3-5-11(14)15/h3-8,15-16H,1-2H3. The van der Waals surface area contributed by atoms with Gasteiger partial charge in [0, 0.05) is 0 Å². The zero-order chi connectivity index (χ0) is 14.2. The molecule has 5 heteroatoms. The quantitative estimate of drug-likeness (QED) is 0.885. The van der Waals surface area contributed by atoms with Gasteiger partial charge in [0.2, 0.25) is 9.84 Å². The SMILES string of the molecule is Cc1ccc(S(=O)(=O)c2cc(C)ccc2O)c(O)c1.